The summed E-state index contributed by atoms with van der Waals surface area (Å²) in [6, 6.07) is 6.68. The highest BCUT2D eigenvalue weighted by molar-refractivity contribution is 5.60. The molecule has 0 unspecified atom stereocenters. The molecule has 0 aliphatic heterocycles. The lowest BCUT2D eigenvalue weighted by atomic mass is 10.1. The summed E-state index contributed by atoms with van der Waals surface area (Å²) in [6.07, 6.45) is 3.83. The summed E-state index contributed by atoms with van der Waals surface area (Å²) in [5, 5.41) is 0. The number of benzene rings is 1. The van der Waals surface area contributed by atoms with Crippen LogP contribution in [-0.4, -0.2) is 9.55 Å². The molecule has 0 fully saturated rings. The molecular formula is C14H15FN2. The predicted molar refractivity (Wildman–Crippen MR) is 68.0 cm³/mol. The monoisotopic (exact) mass is 230 g/mol. The van der Waals surface area contributed by atoms with Gasteiger partial charge in [0.1, 0.15) is 11.6 Å². The van der Waals surface area contributed by atoms with Gasteiger partial charge in [0.15, 0.2) is 0 Å². The number of hydrogen-bond acceptors (Lipinski definition) is 1. The van der Waals surface area contributed by atoms with E-state index in [1.165, 1.54) is 11.6 Å². The Balaban J connectivity index is 2.49. The Hall–Kier alpha value is -1.90. The van der Waals surface area contributed by atoms with E-state index in [4.69, 9.17) is 0 Å². The number of hydrogen-bond donors (Lipinski definition) is 0. The van der Waals surface area contributed by atoms with Gasteiger partial charge in [0.2, 0.25) is 0 Å². The molecule has 17 heavy (non-hydrogen) atoms. The van der Waals surface area contributed by atoms with Crippen molar-refractivity contribution >= 4 is 6.20 Å². The Bertz CT molecular complexity index is 563. The van der Waals surface area contributed by atoms with Crippen LogP contribution in [0.4, 0.5) is 4.39 Å². The number of aryl methyl sites for hydroxylation is 1. The van der Waals surface area contributed by atoms with E-state index in [1.54, 1.807) is 12.1 Å². The quantitative estimate of drug-likeness (QED) is 0.765. The first-order valence-corrected chi connectivity index (χ1v) is 5.53. The number of imidazole rings is 1. The van der Waals surface area contributed by atoms with Gasteiger partial charge in [-0.2, -0.15) is 0 Å². The van der Waals surface area contributed by atoms with E-state index in [0.29, 0.717) is 11.3 Å². The summed E-state index contributed by atoms with van der Waals surface area (Å²) in [7, 11) is 0. The molecule has 0 saturated heterocycles. The van der Waals surface area contributed by atoms with Gasteiger partial charge >= 0.3 is 0 Å². The van der Waals surface area contributed by atoms with Crippen LogP contribution in [0.3, 0.4) is 0 Å². The molecule has 2 nitrogen and oxygen atoms in total. The minimum atomic E-state index is -0.241. The normalized spacial score (nSPS) is 10.4. The molecule has 2 rings (SSSR count). The Morgan fingerprint density at radius 3 is 2.65 bits per heavy atom. The number of allylic oxidation sites excluding steroid dienone is 1. The van der Waals surface area contributed by atoms with Crippen LogP contribution in [0.2, 0.25) is 0 Å². The molecule has 0 saturated carbocycles. The fraction of sp³-hybridized carbons (Fsp3) is 0.214. The van der Waals surface area contributed by atoms with Crippen molar-refractivity contribution in [1.29, 1.82) is 0 Å². The fourth-order valence-corrected chi connectivity index (χ4v) is 1.69. The van der Waals surface area contributed by atoms with Crippen molar-refractivity contribution in [3.05, 3.63) is 47.7 Å². The fourth-order valence-electron chi connectivity index (χ4n) is 1.69. The van der Waals surface area contributed by atoms with Gasteiger partial charge in [-0.1, -0.05) is 17.7 Å². The maximum atomic E-state index is 13.6. The van der Waals surface area contributed by atoms with E-state index in [-0.39, 0.29) is 5.82 Å². The minimum absolute atomic E-state index is 0.241. The molecule has 0 radical (unpaired) electrons. The van der Waals surface area contributed by atoms with E-state index in [9.17, 15) is 4.39 Å². The Morgan fingerprint density at radius 1 is 1.29 bits per heavy atom. The summed E-state index contributed by atoms with van der Waals surface area (Å²) in [6.45, 7) is 5.94. The lowest BCUT2D eigenvalue weighted by Crippen LogP contribution is -1.87. The highest BCUT2D eigenvalue weighted by Crippen LogP contribution is 2.22. The summed E-state index contributed by atoms with van der Waals surface area (Å²) >= 11 is 0. The molecule has 0 amide bonds. The third kappa shape index (κ3) is 2.44. The molecule has 88 valence electrons. The largest absolute Gasteiger partial charge is 0.310 e. The van der Waals surface area contributed by atoms with E-state index < -0.39 is 0 Å². The first kappa shape index (κ1) is 11.6. The molecule has 0 aliphatic carbocycles. The number of halogens is 1. The van der Waals surface area contributed by atoms with Crippen LogP contribution in [0.15, 0.2) is 36.0 Å². The van der Waals surface area contributed by atoms with Gasteiger partial charge in [-0.25, -0.2) is 9.37 Å². The van der Waals surface area contributed by atoms with E-state index in [0.717, 1.165) is 5.82 Å². The van der Waals surface area contributed by atoms with Crippen LogP contribution in [0.1, 0.15) is 19.7 Å². The third-order valence-electron chi connectivity index (χ3n) is 2.46. The summed E-state index contributed by atoms with van der Waals surface area (Å²) in [5.41, 5.74) is 2.38. The Kier molecular flexibility index (Phi) is 3.09. The van der Waals surface area contributed by atoms with Crippen LogP contribution in [-0.2, 0) is 0 Å². The van der Waals surface area contributed by atoms with Gasteiger partial charge in [0, 0.05) is 18.0 Å². The van der Waals surface area contributed by atoms with Crippen LogP contribution >= 0.6 is 0 Å². The maximum Gasteiger partial charge on any atom is 0.132 e. The molecule has 1 aromatic carbocycles. The Labute approximate surface area is 100 Å². The second-order valence-corrected chi connectivity index (χ2v) is 4.27. The summed E-state index contributed by atoms with van der Waals surface area (Å²) in [5.74, 6) is 0.610. The SMILES string of the molecule is CC(C)=Cn1cc(-c2ccccc2F)nc1C. The summed E-state index contributed by atoms with van der Waals surface area (Å²) < 4.78 is 15.5. The smallest absolute Gasteiger partial charge is 0.132 e. The van der Waals surface area contributed by atoms with Gasteiger partial charge in [-0.3, -0.25) is 0 Å². The van der Waals surface area contributed by atoms with Gasteiger partial charge < -0.3 is 4.57 Å². The van der Waals surface area contributed by atoms with Crippen molar-refractivity contribution in [3.63, 3.8) is 0 Å². The Morgan fingerprint density at radius 2 is 2.00 bits per heavy atom. The molecular weight excluding hydrogens is 215 g/mol. The minimum Gasteiger partial charge on any atom is -0.310 e. The molecule has 1 aromatic heterocycles. The molecule has 0 bridgehead atoms. The maximum absolute atomic E-state index is 13.6. The van der Waals surface area contributed by atoms with Crippen LogP contribution < -0.4 is 0 Å². The second kappa shape index (κ2) is 4.53. The molecule has 2 aromatic rings. The number of rotatable bonds is 2. The van der Waals surface area contributed by atoms with Gasteiger partial charge in [0.05, 0.1) is 5.69 Å². The zero-order valence-electron chi connectivity index (χ0n) is 10.2. The van der Waals surface area contributed by atoms with Crippen LogP contribution in [0, 0.1) is 12.7 Å². The first-order valence-electron chi connectivity index (χ1n) is 5.53. The topological polar surface area (TPSA) is 17.8 Å². The third-order valence-corrected chi connectivity index (χ3v) is 2.46. The van der Waals surface area contributed by atoms with Gasteiger partial charge in [0.25, 0.3) is 0 Å². The highest BCUT2D eigenvalue weighted by atomic mass is 19.1. The zero-order chi connectivity index (χ0) is 12.4. The lowest BCUT2D eigenvalue weighted by Gasteiger charge is -1.97. The lowest BCUT2D eigenvalue weighted by molar-refractivity contribution is 0.631. The molecule has 1 heterocycles. The van der Waals surface area contributed by atoms with Crippen molar-refractivity contribution in [1.82, 2.24) is 9.55 Å². The second-order valence-electron chi connectivity index (χ2n) is 4.27. The molecule has 0 aliphatic rings. The van der Waals surface area contributed by atoms with Crippen molar-refractivity contribution < 1.29 is 4.39 Å². The van der Waals surface area contributed by atoms with Gasteiger partial charge in [-0.15, -0.1) is 0 Å². The summed E-state index contributed by atoms with van der Waals surface area (Å²) in [4.78, 5) is 4.37. The zero-order valence-corrected chi connectivity index (χ0v) is 10.2. The van der Waals surface area contributed by atoms with E-state index >= 15 is 0 Å². The number of nitrogens with zero attached hydrogens (tertiary/aromatic N) is 2. The van der Waals surface area contributed by atoms with Crippen molar-refractivity contribution in [3.8, 4) is 11.3 Å². The van der Waals surface area contributed by atoms with Crippen molar-refractivity contribution in [2.45, 2.75) is 20.8 Å². The van der Waals surface area contributed by atoms with Gasteiger partial charge in [-0.05, 0) is 32.9 Å². The van der Waals surface area contributed by atoms with Crippen LogP contribution in [0.5, 0.6) is 0 Å². The standard InChI is InChI=1S/C14H15FN2/c1-10(2)8-17-9-14(16-11(17)3)12-6-4-5-7-13(12)15/h4-9H,1-3H3. The molecule has 0 atom stereocenters. The first-order chi connectivity index (χ1) is 8.08. The average Bonchev–Trinajstić information content (AvgIpc) is 2.60. The van der Waals surface area contributed by atoms with E-state index in [2.05, 4.69) is 4.98 Å². The molecule has 0 N–H and O–H groups in total. The molecule has 3 heteroatoms. The number of aromatic nitrogens is 2. The van der Waals surface area contributed by atoms with Crippen molar-refractivity contribution in [2.75, 3.05) is 0 Å². The van der Waals surface area contributed by atoms with E-state index in [1.807, 2.05) is 43.8 Å². The predicted octanol–water partition coefficient (Wildman–Crippen LogP) is 3.88. The van der Waals surface area contributed by atoms with Crippen molar-refractivity contribution in [2.24, 2.45) is 0 Å². The molecule has 0 spiro atoms. The highest BCUT2D eigenvalue weighted by Gasteiger charge is 2.08. The average molecular weight is 230 g/mol. The van der Waals surface area contributed by atoms with Crippen LogP contribution in [0.25, 0.3) is 17.5 Å².